The van der Waals surface area contributed by atoms with Crippen molar-refractivity contribution in [1.29, 1.82) is 0 Å². The number of nitrogens with zero attached hydrogens (tertiary/aromatic N) is 1. The third kappa shape index (κ3) is 5.72. The van der Waals surface area contributed by atoms with Gasteiger partial charge in [-0.1, -0.05) is 23.7 Å². The van der Waals surface area contributed by atoms with Crippen molar-refractivity contribution in [2.75, 3.05) is 12.3 Å². The van der Waals surface area contributed by atoms with Crippen molar-refractivity contribution in [2.45, 2.75) is 45.3 Å². The van der Waals surface area contributed by atoms with Crippen molar-refractivity contribution in [3.8, 4) is 0 Å². The van der Waals surface area contributed by atoms with Gasteiger partial charge in [0, 0.05) is 12.2 Å². The number of amides is 2. The molecule has 3 rings (SSSR count). The molecule has 172 valence electrons. The number of hydrogen-bond donors (Lipinski definition) is 4. The van der Waals surface area contributed by atoms with Crippen LogP contribution in [0.2, 0.25) is 5.02 Å². The van der Waals surface area contributed by atoms with Gasteiger partial charge in [-0.25, -0.2) is 13.8 Å². The molecule has 0 radical (unpaired) electrons. The molecular formula is C22H26ClF2N5O2. The van der Waals surface area contributed by atoms with Crippen LogP contribution in [0.15, 0.2) is 24.3 Å². The normalized spacial score (nSPS) is 18.9. The van der Waals surface area contributed by atoms with Gasteiger partial charge < -0.3 is 21.7 Å². The van der Waals surface area contributed by atoms with E-state index in [0.717, 1.165) is 17.3 Å². The van der Waals surface area contributed by atoms with E-state index in [2.05, 4.69) is 20.9 Å². The van der Waals surface area contributed by atoms with E-state index in [1.165, 1.54) is 6.07 Å². The average molecular weight is 466 g/mol. The largest absolute Gasteiger partial charge is 0.384 e. The minimum absolute atomic E-state index is 0.0214. The first kappa shape index (κ1) is 23.9. The Kier molecular flexibility index (Phi) is 7.63. The van der Waals surface area contributed by atoms with E-state index in [1.54, 1.807) is 26.0 Å². The van der Waals surface area contributed by atoms with Gasteiger partial charge in [-0.05, 0) is 62.4 Å². The standard InChI is InChI=1S/C22H26ClF2N5O2/c1-11-15(4-6-18(26)29-11)10-28-21(31)12(2)30-22(32)17-8-13(9-27-17)7-14-3-5-16(24)19(23)20(14)25/h3-6,12-13,17,27H,7-10H2,1-2H3,(H2,26,29)(H,28,31)(H,30,32)/t12?,13-,17+/m0/s1. The highest BCUT2D eigenvalue weighted by molar-refractivity contribution is 6.30. The third-order valence-corrected chi connectivity index (χ3v) is 5.93. The van der Waals surface area contributed by atoms with Crippen molar-refractivity contribution in [1.82, 2.24) is 20.9 Å². The van der Waals surface area contributed by atoms with E-state index >= 15 is 0 Å². The average Bonchev–Trinajstić information content (AvgIpc) is 3.22. The van der Waals surface area contributed by atoms with Crippen LogP contribution in [0.1, 0.15) is 30.2 Å². The summed E-state index contributed by atoms with van der Waals surface area (Å²) in [7, 11) is 0. The van der Waals surface area contributed by atoms with E-state index in [1.807, 2.05) is 0 Å². The zero-order chi connectivity index (χ0) is 23.4. The van der Waals surface area contributed by atoms with Gasteiger partial charge in [0.15, 0.2) is 0 Å². The van der Waals surface area contributed by atoms with Gasteiger partial charge in [0.05, 0.1) is 6.04 Å². The quantitative estimate of drug-likeness (QED) is 0.469. The molecule has 1 saturated heterocycles. The number of hydrogen-bond acceptors (Lipinski definition) is 5. The number of halogens is 3. The summed E-state index contributed by atoms with van der Waals surface area (Å²) in [5.74, 6) is -1.82. The van der Waals surface area contributed by atoms with E-state index < -0.39 is 28.7 Å². The minimum Gasteiger partial charge on any atom is -0.384 e. The summed E-state index contributed by atoms with van der Waals surface area (Å²) in [6.45, 7) is 4.17. The Morgan fingerprint density at radius 3 is 2.72 bits per heavy atom. The molecular weight excluding hydrogens is 440 g/mol. The second kappa shape index (κ2) is 10.2. The highest BCUT2D eigenvalue weighted by Crippen LogP contribution is 2.26. The van der Waals surface area contributed by atoms with E-state index in [-0.39, 0.29) is 24.3 Å². The number of anilines is 1. The highest BCUT2D eigenvalue weighted by Gasteiger charge is 2.31. The van der Waals surface area contributed by atoms with Crippen molar-refractivity contribution < 1.29 is 18.4 Å². The molecule has 10 heteroatoms. The van der Waals surface area contributed by atoms with Crippen LogP contribution in [0.25, 0.3) is 0 Å². The predicted octanol–water partition coefficient (Wildman–Crippen LogP) is 2.25. The lowest BCUT2D eigenvalue weighted by molar-refractivity contribution is -0.129. The maximum Gasteiger partial charge on any atom is 0.242 e. The molecule has 1 aliphatic heterocycles. The molecule has 1 aliphatic rings. The summed E-state index contributed by atoms with van der Waals surface area (Å²) in [4.78, 5) is 29.1. The van der Waals surface area contributed by atoms with Crippen LogP contribution >= 0.6 is 11.6 Å². The Labute approximate surface area is 190 Å². The number of nitrogens with one attached hydrogen (secondary N) is 3. The zero-order valence-corrected chi connectivity index (χ0v) is 18.6. The molecule has 2 heterocycles. The molecule has 7 nitrogen and oxygen atoms in total. The van der Waals surface area contributed by atoms with E-state index in [4.69, 9.17) is 17.3 Å². The van der Waals surface area contributed by atoms with Gasteiger partial charge in [-0.2, -0.15) is 0 Å². The molecule has 1 fully saturated rings. The Morgan fingerprint density at radius 2 is 2.00 bits per heavy atom. The van der Waals surface area contributed by atoms with Crippen LogP contribution in [0.5, 0.6) is 0 Å². The maximum absolute atomic E-state index is 14.1. The van der Waals surface area contributed by atoms with E-state index in [9.17, 15) is 18.4 Å². The number of benzene rings is 1. The summed E-state index contributed by atoms with van der Waals surface area (Å²) in [5.41, 5.74) is 7.49. The van der Waals surface area contributed by atoms with Crippen molar-refractivity contribution in [3.05, 3.63) is 57.7 Å². The van der Waals surface area contributed by atoms with Crippen LogP contribution in [0.3, 0.4) is 0 Å². The molecule has 3 atom stereocenters. The van der Waals surface area contributed by atoms with Crippen LogP contribution in [-0.2, 0) is 22.6 Å². The highest BCUT2D eigenvalue weighted by atomic mass is 35.5. The molecule has 0 saturated carbocycles. The Balaban J connectivity index is 1.48. The van der Waals surface area contributed by atoms with Crippen LogP contribution in [0.4, 0.5) is 14.6 Å². The predicted molar refractivity (Wildman–Crippen MR) is 118 cm³/mol. The van der Waals surface area contributed by atoms with Gasteiger partial charge >= 0.3 is 0 Å². The van der Waals surface area contributed by atoms with Crippen molar-refractivity contribution >= 4 is 29.2 Å². The second-order valence-corrected chi connectivity index (χ2v) is 8.41. The van der Waals surface area contributed by atoms with Gasteiger partial charge in [-0.15, -0.1) is 0 Å². The lowest BCUT2D eigenvalue weighted by atomic mass is 9.96. The van der Waals surface area contributed by atoms with Crippen LogP contribution in [0, 0.1) is 24.5 Å². The monoisotopic (exact) mass is 465 g/mol. The maximum atomic E-state index is 14.1. The summed E-state index contributed by atoms with van der Waals surface area (Å²) >= 11 is 5.64. The number of rotatable bonds is 7. The zero-order valence-electron chi connectivity index (χ0n) is 17.8. The molecule has 2 aromatic rings. The van der Waals surface area contributed by atoms with Gasteiger partial charge in [-0.3, -0.25) is 9.59 Å². The number of pyridine rings is 1. The fraction of sp³-hybridized carbons (Fsp3) is 0.409. The SMILES string of the molecule is Cc1nc(N)ccc1CNC(=O)C(C)NC(=O)[C@H]1C[C@H](Cc2ccc(F)c(Cl)c2F)CN1. The van der Waals surface area contributed by atoms with Crippen molar-refractivity contribution in [3.63, 3.8) is 0 Å². The Morgan fingerprint density at radius 1 is 1.28 bits per heavy atom. The first-order chi connectivity index (χ1) is 15.2. The van der Waals surface area contributed by atoms with Gasteiger partial charge in [0.25, 0.3) is 0 Å². The molecule has 1 unspecified atom stereocenters. The minimum atomic E-state index is -0.801. The molecule has 0 bridgehead atoms. The number of nitrogens with two attached hydrogens (primary N) is 1. The number of aromatic nitrogens is 1. The molecule has 5 N–H and O–H groups in total. The van der Waals surface area contributed by atoms with E-state index in [0.29, 0.717) is 30.8 Å². The van der Waals surface area contributed by atoms with Crippen LogP contribution in [-0.4, -0.2) is 35.4 Å². The Bertz CT molecular complexity index is 1020. The summed E-state index contributed by atoms with van der Waals surface area (Å²) < 4.78 is 27.5. The molecule has 0 spiro atoms. The summed E-state index contributed by atoms with van der Waals surface area (Å²) in [6.07, 6.45) is 0.790. The number of aryl methyl sites for hydroxylation is 1. The van der Waals surface area contributed by atoms with Gasteiger partial charge in [0.2, 0.25) is 11.8 Å². The number of carbonyl (C=O) groups excluding carboxylic acids is 2. The second-order valence-electron chi connectivity index (χ2n) is 8.03. The molecule has 2 amide bonds. The molecule has 1 aromatic carbocycles. The number of nitrogen functional groups attached to an aromatic ring is 1. The number of carbonyl (C=O) groups is 2. The third-order valence-electron chi connectivity index (χ3n) is 5.58. The summed E-state index contributed by atoms with van der Waals surface area (Å²) in [6, 6.07) is 4.72. The fourth-order valence-corrected chi connectivity index (χ4v) is 3.89. The first-order valence-corrected chi connectivity index (χ1v) is 10.7. The lowest BCUT2D eigenvalue weighted by Gasteiger charge is -2.17. The summed E-state index contributed by atoms with van der Waals surface area (Å²) in [5, 5.41) is 8.05. The molecule has 32 heavy (non-hydrogen) atoms. The smallest absolute Gasteiger partial charge is 0.242 e. The van der Waals surface area contributed by atoms with Crippen molar-refractivity contribution in [2.24, 2.45) is 5.92 Å². The Hall–Kier alpha value is -2.78. The first-order valence-electron chi connectivity index (χ1n) is 10.3. The molecule has 0 aliphatic carbocycles. The topological polar surface area (TPSA) is 109 Å². The molecule has 1 aromatic heterocycles. The lowest BCUT2D eigenvalue weighted by Crippen LogP contribution is -2.50. The fourth-order valence-electron chi connectivity index (χ4n) is 3.71. The van der Waals surface area contributed by atoms with Crippen LogP contribution < -0.4 is 21.7 Å². The van der Waals surface area contributed by atoms with Gasteiger partial charge in [0.1, 0.15) is 28.5 Å².